The van der Waals surface area contributed by atoms with Gasteiger partial charge in [0, 0.05) is 5.92 Å². The number of fused-ring (bicyclic) bond motifs is 1. The van der Waals surface area contributed by atoms with Crippen LogP contribution in [0.1, 0.15) is 12.8 Å². The Labute approximate surface area is 92.9 Å². The van der Waals surface area contributed by atoms with Crippen molar-refractivity contribution >= 4 is 21.9 Å². The van der Waals surface area contributed by atoms with Crippen LogP contribution in [-0.2, 0) is 15.1 Å². The van der Waals surface area contributed by atoms with Crippen LogP contribution in [0.3, 0.4) is 0 Å². The van der Waals surface area contributed by atoms with E-state index in [4.69, 9.17) is 4.18 Å². The number of carbonyl (C=O) groups excluding carboxylic acids is 1. The average Bonchev–Trinajstić information content (AvgIpc) is 3.00. The van der Waals surface area contributed by atoms with Crippen molar-refractivity contribution in [2.75, 3.05) is 4.31 Å². The molecule has 1 fully saturated rings. The van der Waals surface area contributed by atoms with Gasteiger partial charge in [0.25, 0.3) is 0 Å². The zero-order valence-electron chi connectivity index (χ0n) is 8.29. The Bertz CT molecular complexity index is 562. The van der Waals surface area contributed by atoms with Gasteiger partial charge in [-0.3, -0.25) is 4.79 Å². The Hall–Kier alpha value is -1.56. The van der Waals surface area contributed by atoms with E-state index in [9.17, 15) is 13.2 Å². The van der Waals surface area contributed by atoms with Gasteiger partial charge in [-0.25, -0.2) is 0 Å². The third-order valence-electron chi connectivity index (χ3n) is 2.63. The SMILES string of the molecule is O=C(C1CC1)N1c2ccccc2OS1(=O)=O. The lowest BCUT2D eigenvalue weighted by atomic mass is 10.3. The first-order valence-electron chi connectivity index (χ1n) is 4.97. The van der Waals surface area contributed by atoms with E-state index >= 15 is 0 Å². The average molecular weight is 239 g/mol. The topological polar surface area (TPSA) is 63.7 Å². The van der Waals surface area contributed by atoms with Gasteiger partial charge in [0.15, 0.2) is 5.75 Å². The molecule has 3 rings (SSSR count). The van der Waals surface area contributed by atoms with Gasteiger partial charge in [-0.15, -0.1) is 0 Å². The molecule has 0 radical (unpaired) electrons. The summed E-state index contributed by atoms with van der Waals surface area (Å²) in [7, 11) is -3.97. The normalized spacial score (nSPS) is 21.4. The maximum absolute atomic E-state index is 11.9. The minimum Gasteiger partial charge on any atom is -0.364 e. The highest BCUT2D eigenvalue weighted by Crippen LogP contribution is 2.42. The smallest absolute Gasteiger partial charge is 0.364 e. The lowest BCUT2D eigenvalue weighted by Crippen LogP contribution is -2.36. The van der Waals surface area contributed by atoms with Crippen molar-refractivity contribution in [3.63, 3.8) is 0 Å². The highest BCUT2D eigenvalue weighted by Gasteiger charge is 2.45. The Kier molecular flexibility index (Phi) is 1.79. The summed E-state index contributed by atoms with van der Waals surface area (Å²) in [4.78, 5) is 11.9. The van der Waals surface area contributed by atoms with Crippen LogP contribution in [0.4, 0.5) is 5.69 Å². The van der Waals surface area contributed by atoms with Gasteiger partial charge in [-0.05, 0) is 25.0 Å². The lowest BCUT2D eigenvalue weighted by molar-refractivity contribution is -0.118. The van der Waals surface area contributed by atoms with Crippen molar-refractivity contribution in [3.8, 4) is 5.75 Å². The van der Waals surface area contributed by atoms with Crippen LogP contribution in [0.15, 0.2) is 24.3 Å². The van der Waals surface area contributed by atoms with Crippen molar-refractivity contribution in [1.29, 1.82) is 0 Å². The number of para-hydroxylation sites is 2. The molecule has 1 heterocycles. The van der Waals surface area contributed by atoms with E-state index in [2.05, 4.69) is 0 Å². The number of benzene rings is 1. The summed E-state index contributed by atoms with van der Waals surface area (Å²) in [5.74, 6) is -0.328. The molecule has 1 aromatic rings. The molecule has 1 saturated carbocycles. The van der Waals surface area contributed by atoms with Crippen molar-refractivity contribution in [2.24, 2.45) is 5.92 Å². The minimum absolute atomic E-state index is 0.162. The summed E-state index contributed by atoms with van der Waals surface area (Å²) in [5.41, 5.74) is 0.319. The fourth-order valence-corrected chi connectivity index (χ4v) is 2.90. The number of hydrogen-bond donors (Lipinski definition) is 0. The second-order valence-corrected chi connectivity index (χ2v) is 5.27. The number of rotatable bonds is 1. The number of nitrogens with zero attached hydrogens (tertiary/aromatic N) is 1. The summed E-state index contributed by atoms with van der Waals surface area (Å²) in [6.45, 7) is 0. The van der Waals surface area contributed by atoms with Gasteiger partial charge < -0.3 is 4.18 Å². The molecule has 1 aliphatic carbocycles. The number of hydrogen-bond acceptors (Lipinski definition) is 4. The van der Waals surface area contributed by atoms with Gasteiger partial charge in [-0.2, -0.15) is 12.7 Å². The molecule has 0 aromatic heterocycles. The summed E-state index contributed by atoms with van der Waals surface area (Å²) in [5, 5.41) is 0. The second-order valence-electron chi connectivity index (χ2n) is 3.89. The maximum atomic E-state index is 11.9. The Balaban J connectivity index is 2.11. The Morgan fingerprint density at radius 1 is 1.31 bits per heavy atom. The van der Waals surface area contributed by atoms with Gasteiger partial charge >= 0.3 is 10.3 Å². The van der Waals surface area contributed by atoms with E-state index in [0.29, 0.717) is 5.69 Å². The lowest BCUT2D eigenvalue weighted by Gasteiger charge is -2.11. The molecule has 1 aromatic carbocycles. The van der Waals surface area contributed by atoms with Crippen molar-refractivity contribution in [2.45, 2.75) is 12.8 Å². The van der Waals surface area contributed by atoms with Crippen LogP contribution in [0.2, 0.25) is 0 Å². The monoisotopic (exact) mass is 239 g/mol. The molecule has 6 heteroatoms. The zero-order chi connectivity index (χ0) is 11.3. The molecule has 1 aliphatic heterocycles. The van der Waals surface area contributed by atoms with E-state index in [1.54, 1.807) is 18.2 Å². The summed E-state index contributed by atoms with van der Waals surface area (Å²) in [6.07, 6.45) is 1.51. The van der Waals surface area contributed by atoms with Crippen molar-refractivity contribution in [1.82, 2.24) is 0 Å². The Morgan fingerprint density at radius 3 is 2.69 bits per heavy atom. The first kappa shape index (κ1) is 9.65. The predicted octanol–water partition coefficient (Wildman–Crippen LogP) is 1.07. The third-order valence-corrected chi connectivity index (χ3v) is 3.84. The van der Waals surface area contributed by atoms with E-state index in [-0.39, 0.29) is 17.6 Å². The van der Waals surface area contributed by atoms with Gasteiger partial charge in [0.2, 0.25) is 5.91 Å². The molecule has 0 N–H and O–H groups in total. The standard InChI is InChI=1S/C10H9NO4S/c12-10(7-5-6-7)11-8-3-1-2-4-9(8)15-16(11,13)14/h1-4,7H,5-6H2. The second kappa shape index (κ2) is 2.98. The summed E-state index contributed by atoms with van der Waals surface area (Å²) >= 11 is 0. The van der Waals surface area contributed by atoms with Crippen LogP contribution in [0.25, 0.3) is 0 Å². The maximum Gasteiger partial charge on any atom is 0.416 e. The quantitative estimate of drug-likeness (QED) is 0.735. The summed E-state index contributed by atoms with van der Waals surface area (Å²) in [6, 6.07) is 6.45. The number of anilines is 1. The van der Waals surface area contributed by atoms with Crippen LogP contribution >= 0.6 is 0 Å². The highest BCUT2D eigenvalue weighted by atomic mass is 32.2. The van der Waals surface area contributed by atoms with Crippen LogP contribution < -0.4 is 8.49 Å². The molecule has 84 valence electrons. The van der Waals surface area contributed by atoms with E-state index in [1.807, 2.05) is 0 Å². The van der Waals surface area contributed by atoms with Crippen molar-refractivity contribution < 1.29 is 17.4 Å². The third kappa shape index (κ3) is 1.30. The molecule has 0 spiro atoms. The van der Waals surface area contributed by atoms with Crippen LogP contribution in [-0.4, -0.2) is 14.3 Å². The number of carbonyl (C=O) groups is 1. The first-order valence-corrected chi connectivity index (χ1v) is 6.34. The molecule has 0 atom stereocenters. The van der Waals surface area contributed by atoms with E-state index < -0.39 is 10.3 Å². The highest BCUT2D eigenvalue weighted by molar-refractivity contribution is 7.89. The fraction of sp³-hybridized carbons (Fsp3) is 0.300. The van der Waals surface area contributed by atoms with Crippen molar-refractivity contribution in [3.05, 3.63) is 24.3 Å². The molecule has 0 saturated heterocycles. The van der Waals surface area contributed by atoms with Gasteiger partial charge in [0.1, 0.15) is 5.69 Å². The first-order chi connectivity index (χ1) is 7.59. The van der Waals surface area contributed by atoms with Gasteiger partial charge in [0.05, 0.1) is 0 Å². The molecule has 0 unspecified atom stereocenters. The van der Waals surface area contributed by atoms with Gasteiger partial charge in [-0.1, -0.05) is 12.1 Å². The molecule has 1 amide bonds. The largest absolute Gasteiger partial charge is 0.416 e. The zero-order valence-corrected chi connectivity index (χ0v) is 9.11. The molecular weight excluding hydrogens is 230 g/mol. The molecule has 16 heavy (non-hydrogen) atoms. The Morgan fingerprint density at radius 2 is 2.00 bits per heavy atom. The van der Waals surface area contributed by atoms with E-state index in [0.717, 1.165) is 17.1 Å². The summed E-state index contributed by atoms with van der Waals surface area (Å²) < 4.78 is 28.9. The number of amides is 1. The minimum atomic E-state index is -3.97. The molecule has 2 aliphatic rings. The fourth-order valence-electron chi connectivity index (χ4n) is 1.69. The molecule has 5 nitrogen and oxygen atoms in total. The predicted molar refractivity (Wildman–Crippen MR) is 56.2 cm³/mol. The van der Waals surface area contributed by atoms with E-state index in [1.165, 1.54) is 6.07 Å². The van der Waals surface area contributed by atoms with Crippen LogP contribution in [0, 0.1) is 5.92 Å². The molecular formula is C10H9NO4S. The van der Waals surface area contributed by atoms with Crippen LogP contribution in [0.5, 0.6) is 5.75 Å². The molecule has 0 bridgehead atoms.